The molecule has 0 aliphatic carbocycles. The second-order valence-electron chi connectivity index (χ2n) is 4.73. The average Bonchev–Trinajstić information content (AvgIpc) is 2.16. The molecule has 0 aromatic rings. The van der Waals surface area contributed by atoms with Gasteiger partial charge in [-0.3, -0.25) is 9.69 Å². The summed E-state index contributed by atoms with van der Waals surface area (Å²) in [5.41, 5.74) is 0.181. The number of nitrogens with zero attached hydrogens (tertiary/aromatic N) is 1. The third-order valence-corrected chi connectivity index (χ3v) is 2.46. The van der Waals surface area contributed by atoms with Crippen LogP contribution >= 0.6 is 0 Å². The van der Waals surface area contributed by atoms with Crippen LogP contribution in [0.4, 0.5) is 0 Å². The highest BCUT2D eigenvalue weighted by Gasteiger charge is 2.18. The van der Waals surface area contributed by atoms with E-state index in [1.807, 2.05) is 6.92 Å². The lowest BCUT2D eigenvalue weighted by Gasteiger charge is -2.34. The number of likely N-dealkylation sites (N-methyl/N-ethyl adjacent to an activating group) is 1. The summed E-state index contributed by atoms with van der Waals surface area (Å²) in [6, 6.07) is 0. The lowest BCUT2D eigenvalue weighted by molar-refractivity contribution is -0.142. The fourth-order valence-electron chi connectivity index (χ4n) is 1.58. The molecule has 0 aliphatic heterocycles. The molecule has 96 valence electrons. The predicted octanol–water partition coefficient (Wildman–Crippen LogP) is 1.26. The van der Waals surface area contributed by atoms with E-state index in [-0.39, 0.29) is 11.5 Å². The lowest BCUT2D eigenvalue weighted by Crippen LogP contribution is -2.45. The van der Waals surface area contributed by atoms with Crippen LogP contribution in [0.25, 0.3) is 0 Å². The fourth-order valence-corrected chi connectivity index (χ4v) is 1.58. The van der Waals surface area contributed by atoms with E-state index in [1.54, 1.807) is 0 Å². The quantitative estimate of drug-likeness (QED) is 0.528. The molecule has 0 spiro atoms. The van der Waals surface area contributed by atoms with Gasteiger partial charge in [-0.25, -0.2) is 0 Å². The van der Waals surface area contributed by atoms with Crippen molar-refractivity contribution >= 4 is 5.97 Å². The Bertz CT molecular complexity index is 200. The largest absolute Gasteiger partial charge is 0.465 e. The van der Waals surface area contributed by atoms with Crippen LogP contribution in [0.2, 0.25) is 0 Å². The minimum absolute atomic E-state index is 0.179. The van der Waals surface area contributed by atoms with Crippen molar-refractivity contribution < 1.29 is 9.53 Å². The number of hydrogen-bond acceptors (Lipinski definition) is 4. The van der Waals surface area contributed by atoms with Crippen molar-refractivity contribution in [3.63, 3.8) is 0 Å². The Morgan fingerprint density at radius 1 is 1.31 bits per heavy atom. The Balaban J connectivity index is 3.68. The number of carbonyl (C=O) groups excluding carboxylic acids is 1. The van der Waals surface area contributed by atoms with Gasteiger partial charge in [-0.1, -0.05) is 6.92 Å². The number of carbonyl (C=O) groups is 1. The molecule has 0 unspecified atom stereocenters. The summed E-state index contributed by atoms with van der Waals surface area (Å²) in [6.45, 7) is 14.1. The van der Waals surface area contributed by atoms with Crippen LogP contribution in [-0.2, 0) is 9.53 Å². The van der Waals surface area contributed by atoms with Gasteiger partial charge in [0.05, 0.1) is 13.2 Å². The summed E-state index contributed by atoms with van der Waals surface area (Å²) in [6.07, 6.45) is 0. The van der Waals surface area contributed by atoms with E-state index in [0.717, 1.165) is 19.6 Å². The molecule has 0 fully saturated rings. The molecule has 0 atom stereocenters. The van der Waals surface area contributed by atoms with E-state index < -0.39 is 0 Å². The van der Waals surface area contributed by atoms with Crippen molar-refractivity contribution in [3.8, 4) is 0 Å². The van der Waals surface area contributed by atoms with Crippen LogP contribution in [0.5, 0.6) is 0 Å². The van der Waals surface area contributed by atoms with Gasteiger partial charge in [0.1, 0.15) is 0 Å². The first-order valence-electron chi connectivity index (χ1n) is 6.03. The van der Waals surface area contributed by atoms with Crippen LogP contribution in [0.1, 0.15) is 34.6 Å². The molecule has 0 aliphatic rings. The van der Waals surface area contributed by atoms with Gasteiger partial charge in [-0.05, 0) is 34.2 Å². The smallest absolute Gasteiger partial charge is 0.319 e. The maximum atomic E-state index is 11.1. The fraction of sp³-hybridized carbons (Fsp3) is 0.917. The van der Waals surface area contributed by atoms with Gasteiger partial charge >= 0.3 is 5.97 Å². The summed E-state index contributed by atoms with van der Waals surface area (Å²) >= 11 is 0. The molecule has 0 bridgehead atoms. The number of hydrogen-bond donors (Lipinski definition) is 1. The summed E-state index contributed by atoms with van der Waals surface area (Å²) < 4.78 is 4.83. The van der Waals surface area contributed by atoms with Gasteiger partial charge in [-0.15, -0.1) is 0 Å². The first kappa shape index (κ1) is 15.4. The third-order valence-electron chi connectivity index (χ3n) is 2.46. The van der Waals surface area contributed by atoms with Gasteiger partial charge in [-0.2, -0.15) is 0 Å². The van der Waals surface area contributed by atoms with Crippen molar-refractivity contribution in [2.75, 3.05) is 32.8 Å². The second kappa shape index (κ2) is 7.63. The molecule has 0 saturated carbocycles. The van der Waals surface area contributed by atoms with Crippen LogP contribution in [-0.4, -0.2) is 49.2 Å². The maximum Gasteiger partial charge on any atom is 0.319 e. The SMILES string of the molecule is CCOC(=O)CNCCN(CC)C(C)(C)C. The van der Waals surface area contributed by atoms with Crippen molar-refractivity contribution in [1.82, 2.24) is 10.2 Å². The van der Waals surface area contributed by atoms with E-state index in [9.17, 15) is 4.79 Å². The molecule has 0 heterocycles. The van der Waals surface area contributed by atoms with Crippen molar-refractivity contribution in [2.24, 2.45) is 0 Å². The van der Waals surface area contributed by atoms with Crippen molar-refractivity contribution in [2.45, 2.75) is 40.2 Å². The first-order chi connectivity index (χ1) is 7.41. The Morgan fingerprint density at radius 2 is 1.94 bits per heavy atom. The number of rotatable bonds is 7. The van der Waals surface area contributed by atoms with Gasteiger partial charge in [0.25, 0.3) is 0 Å². The number of nitrogens with one attached hydrogen (secondary N) is 1. The number of ether oxygens (including phenoxy) is 1. The summed E-state index contributed by atoms with van der Waals surface area (Å²) in [7, 11) is 0. The first-order valence-corrected chi connectivity index (χ1v) is 6.03. The third kappa shape index (κ3) is 6.80. The monoisotopic (exact) mass is 230 g/mol. The van der Waals surface area contributed by atoms with Crippen molar-refractivity contribution in [1.29, 1.82) is 0 Å². The van der Waals surface area contributed by atoms with Crippen LogP contribution in [0.15, 0.2) is 0 Å². The van der Waals surface area contributed by atoms with Gasteiger partial charge in [0, 0.05) is 18.6 Å². The molecular weight excluding hydrogens is 204 g/mol. The summed E-state index contributed by atoms with van der Waals surface area (Å²) in [5.74, 6) is -0.179. The summed E-state index contributed by atoms with van der Waals surface area (Å²) in [5, 5.41) is 3.09. The molecule has 16 heavy (non-hydrogen) atoms. The average molecular weight is 230 g/mol. The molecule has 0 amide bonds. The predicted molar refractivity (Wildman–Crippen MR) is 66.5 cm³/mol. The molecule has 4 nitrogen and oxygen atoms in total. The Morgan fingerprint density at radius 3 is 2.38 bits per heavy atom. The highest BCUT2D eigenvalue weighted by atomic mass is 16.5. The second-order valence-corrected chi connectivity index (χ2v) is 4.73. The normalized spacial score (nSPS) is 11.9. The molecule has 0 saturated heterocycles. The topological polar surface area (TPSA) is 41.6 Å². The molecule has 0 rings (SSSR count). The zero-order valence-corrected chi connectivity index (χ0v) is 11.3. The van der Waals surface area contributed by atoms with Crippen LogP contribution < -0.4 is 5.32 Å². The standard InChI is InChI=1S/C12H26N2O2/c1-6-14(12(3,4)5)9-8-13-10-11(15)16-7-2/h13H,6-10H2,1-5H3. The zero-order valence-electron chi connectivity index (χ0n) is 11.3. The van der Waals surface area contributed by atoms with E-state index >= 15 is 0 Å². The molecule has 0 aromatic carbocycles. The molecule has 4 heteroatoms. The zero-order chi connectivity index (χ0) is 12.6. The Kier molecular flexibility index (Phi) is 7.34. The van der Waals surface area contributed by atoms with E-state index in [0.29, 0.717) is 13.2 Å². The van der Waals surface area contributed by atoms with E-state index in [2.05, 4.69) is 37.9 Å². The van der Waals surface area contributed by atoms with Crippen LogP contribution in [0, 0.1) is 0 Å². The van der Waals surface area contributed by atoms with E-state index in [4.69, 9.17) is 4.74 Å². The maximum absolute atomic E-state index is 11.1. The highest BCUT2D eigenvalue weighted by molar-refractivity contribution is 5.71. The van der Waals surface area contributed by atoms with Crippen molar-refractivity contribution in [3.05, 3.63) is 0 Å². The minimum atomic E-state index is -0.179. The van der Waals surface area contributed by atoms with Crippen LogP contribution in [0.3, 0.4) is 0 Å². The Hall–Kier alpha value is -0.610. The van der Waals surface area contributed by atoms with Gasteiger partial charge in [0.15, 0.2) is 0 Å². The summed E-state index contributed by atoms with van der Waals surface area (Å²) in [4.78, 5) is 13.4. The number of esters is 1. The van der Waals surface area contributed by atoms with E-state index in [1.165, 1.54) is 0 Å². The minimum Gasteiger partial charge on any atom is -0.465 e. The van der Waals surface area contributed by atoms with Gasteiger partial charge in [0.2, 0.25) is 0 Å². The lowest BCUT2D eigenvalue weighted by atomic mass is 10.1. The highest BCUT2D eigenvalue weighted by Crippen LogP contribution is 2.11. The molecule has 0 aromatic heterocycles. The molecule has 0 radical (unpaired) electrons. The van der Waals surface area contributed by atoms with Gasteiger partial charge < -0.3 is 10.1 Å². The Labute approximate surface area is 99.3 Å². The molecule has 1 N–H and O–H groups in total. The molecular formula is C12H26N2O2.